The van der Waals surface area contributed by atoms with Crippen LogP contribution in [0.4, 0.5) is 10.6 Å². The van der Waals surface area contributed by atoms with Crippen LogP contribution >= 0.6 is 0 Å². The monoisotopic (exact) mass is 387 g/mol. The molecule has 0 spiro atoms. The smallest absolute Gasteiger partial charge is 0.320 e. The number of rotatable bonds is 10. The van der Waals surface area contributed by atoms with Crippen molar-refractivity contribution in [3.63, 3.8) is 0 Å². The maximum atomic E-state index is 12.1. The van der Waals surface area contributed by atoms with E-state index < -0.39 is 16.1 Å². The lowest BCUT2D eigenvalue weighted by molar-refractivity contribution is 0.189. The Hall–Kier alpha value is -1.65. The molecule has 10 heteroatoms. The van der Waals surface area contributed by atoms with Crippen LogP contribution in [0.2, 0.25) is 0 Å². The Morgan fingerprint density at radius 1 is 1.35 bits per heavy atom. The van der Waals surface area contributed by atoms with Gasteiger partial charge in [-0.2, -0.15) is 5.10 Å². The van der Waals surface area contributed by atoms with Crippen molar-refractivity contribution in [2.24, 2.45) is 0 Å². The zero-order valence-electron chi connectivity index (χ0n) is 15.2. The molecule has 9 nitrogen and oxygen atoms in total. The first-order valence-corrected chi connectivity index (χ1v) is 10.7. The van der Waals surface area contributed by atoms with Crippen molar-refractivity contribution in [2.45, 2.75) is 51.1 Å². The highest BCUT2D eigenvalue weighted by Crippen LogP contribution is 2.17. The molecule has 1 fully saturated rings. The van der Waals surface area contributed by atoms with Gasteiger partial charge in [0.1, 0.15) is 0 Å². The molecule has 2 rings (SSSR count). The second-order valence-electron chi connectivity index (χ2n) is 6.46. The molecule has 0 aliphatic heterocycles. The Balaban J connectivity index is 1.66. The summed E-state index contributed by atoms with van der Waals surface area (Å²) < 4.78 is 33.5. The first-order valence-electron chi connectivity index (χ1n) is 9.06. The lowest BCUT2D eigenvalue weighted by Crippen LogP contribution is -2.41. The molecule has 1 aliphatic carbocycles. The summed E-state index contributed by atoms with van der Waals surface area (Å²) in [5.41, 5.74) is 0. The number of hydrogen-bond donors (Lipinski definition) is 3. The van der Waals surface area contributed by atoms with Gasteiger partial charge < -0.3 is 10.1 Å². The van der Waals surface area contributed by atoms with Gasteiger partial charge in [0.05, 0.1) is 5.75 Å². The lowest BCUT2D eigenvalue weighted by Gasteiger charge is -2.22. The Labute approximate surface area is 154 Å². The number of anilines is 1. The Morgan fingerprint density at radius 2 is 2.12 bits per heavy atom. The summed E-state index contributed by atoms with van der Waals surface area (Å²) in [5.74, 6) is 0.283. The predicted octanol–water partition coefficient (Wildman–Crippen LogP) is 1.29. The molecule has 148 valence electrons. The Kier molecular flexibility index (Phi) is 8.33. The maximum absolute atomic E-state index is 12.1. The number of hydrogen-bond acceptors (Lipinski definition) is 5. The fraction of sp³-hybridized carbons (Fsp3) is 0.750. The van der Waals surface area contributed by atoms with Crippen LogP contribution in [-0.2, 0) is 21.3 Å². The number of sulfonamides is 1. The van der Waals surface area contributed by atoms with Gasteiger partial charge in [-0.3, -0.25) is 10.00 Å². The van der Waals surface area contributed by atoms with E-state index in [2.05, 4.69) is 20.5 Å². The number of carbonyl (C=O) groups excluding carboxylic acids is 1. The summed E-state index contributed by atoms with van der Waals surface area (Å²) in [6.07, 6.45) is 7.67. The quantitative estimate of drug-likeness (QED) is 0.524. The topological polar surface area (TPSA) is 114 Å². The highest BCUT2D eigenvalue weighted by Gasteiger charge is 2.20. The van der Waals surface area contributed by atoms with Crippen LogP contribution in [-0.4, -0.2) is 56.3 Å². The first-order chi connectivity index (χ1) is 12.5. The van der Waals surface area contributed by atoms with Crippen LogP contribution in [0.5, 0.6) is 0 Å². The summed E-state index contributed by atoms with van der Waals surface area (Å²) in [6.45, 7) is 1.39. The number of urea groups is 1. The zero-order chi connectivity index (χ0) is 18.8. The molecule has 1 aliphatic rings. The van der Waals surface area contributed by atoms with Crippen LogP contribution in [0.3, 0.4) is 0 Å². The number of methoxy groups -OCH3 is 1. The van der Waals surface area contributed by atoms with Crippen LogP contribution in [0.15, 0.2) is 12.3 Å². The van der Waals surface area contributed by atoms with Crippen molar-refractivity contribution >= 4 is 21.9 Å². The van der Waals surface area contributed by atoms with Gasteiger partial charge in [-0.25, -0.2) is 17.9 Å². The van der Waals surface area contributed by atoms with E-state index in [0.717, 1.165) is 32.1 Å². The van der Waals surface area contributed by atoms with Crippen molar-refractivity contribution in [3.8, 4) is 0 Å². The number of nitrogens with zero attached hydrogens (tertiary/aromatic N) is 2. The molecule has 2 amide bonds. The Bertz CT molecular complexity index is 655. The van der Waals surface area contributed by atoms with Gasteiger partial charge in [-0.05, 0) is 19.3 Å². The number of ether oxygens (including phenoxy) is 1. The van der Waals surface area contributed by atoms with E-state index in [-0.39, 0.29) is 18.3 Å². The molecular weight excluding hydrogens is 358 g/mol. The third-order valence-electron chi connectivity index (χ3n) is 4.23. The minimum atomic E-state index is -3.38. The van der Waals surface area contributed by atoms with Crippen molar-refractivity contribution in [2.75, 3.05) is 31.3 Å². The summed E-state index contributed by atoms with van der Waals surface area (Å²) in [7, 11) is -1.74. The minimum absolute atomic E-state index is 0.0321. The molecule has 0 bridgehead atoms. The SMILES string of the molecule is COCCCn1ccc(NC(=O)NCCS(=O)(=O)NC2CCCCC2)n1. The molecular formula is C16H29N5O4S. The van der Waals surface area contributed by atoms with Gasteiger partial charge >= 0.3 is 6.03 Å². The molecule has 0 saturated heterocycles. The lowest BCUT2D eigenvalue weighted by atomic mass is 9.96. The summed E-state index contributed by atoms with van der Waals surface area (Å²) in [4.78, 5) is 11.9. The van der Waals surface area contributed by atoms with Crippen LogP contribution in [0.25, 0.3) is 0 Å². The Morgan fingerprint density at radius 3 is 2.85 bits per heavy atom. The van der Waals surface area contributed by atoms with Crippen molar-refractivity contribution < 1.29 is 17.9 Å². The molecule has 3 N–H and O–H groups in total. The van der Waals surface area contributed by atoms with Crippen LogP contribution < -0.4 is 15.4 Å². The average molecular weight is 388 g/mol. The summed E-state index contributed by atoms with van der Waals surface area (Å²) >= 11 is 0. The minimum Gasteiger partial charge on any atom is -0.385 e. The maximum Gasteiger partial charge on any atom is 0.320 e. The van der Waals surface area contributed by atoms with Gasteiger partial charge in [0.25, 0.3) is 0 Å². The number of amides is 2. The molecule has 0 aromatic carbocycles. The van der Waals surface area contributed by atoms with Crippen molar-refractivity contribution in [3.05, 3.63) is 12.3 Å². The molecule has 1 saturated carbocycles. The molecule has 1 heterocycles. The third kappa shape index (κ3) is 7.71. The normalized spacial score (nSPS) is 15.7. The number of nitrogens with one attached hydrogen (secondary N) is 3. The average Bonchev–Trinajstić information content (AvgIpc) is 3.02. The molecule has 1 aromatic rings. The molecule has 0 atom stereocenters. The van der Waals surface area contributed by atoms with Gasteiger partial charge in [-0.1, -0.05) is 19.3 Å². The molecule has 0 unspecified atom stereocenters. The second kappa shape index (κ2) is 10.5. The van der Waals surface area contributed by atoms with Crippen LogP contribution in [0, 0.1) is 0 Å². The number of aromatic nitrogens is 2. The largest absolute Gasteiger partial charge is 0.385 e. The van der Waals surface area contributed by atoms with E-state index in [1.54, 1.807) is 24.1 Å². The van der Waals surface area contributed by atoms with E-state index in [1.165, 1.54) is 6.42 Å². The van der Waals surface area contributed by atoms with Gasteiger partial charge in [0.2, 0.25) is 10.0 Å². The fourth-order valence-electron chi connectivity index (χ4n) is 2.92. The number of aryl methyl sites for hydroxylation is 1. The zero-order valence-corrected chi connectivity index (χ0v) is 16.1. The highest BCUT2D eigenvalue weighted by molar-refractivity contribution is 7.89. The predicted molar refractivity (Wildman–Crippen MR) is 99.5 cm³/mol. The molecule has 0 radical (unpaired) electrons. The van der Waals surface area contributed by atoms with Gasteiger partial charge in [0, 0.05) is 45.1 Å². The summed E-state index contributed by atoms with van der Waals surface area (Å²) in [5, 5.41) is 9.35. The highest BCUT2D eigenvalue weighted by atomic mass is 32.2. The van der Waals surface area contributed by atoms with E-state index in [4.69, 9.17) is 4.74 Å². The van der Waals surface area contributed by atoms with E-state index >= 15 is 0 Å². The van der Waals surface area contributed by atoms with Crippen molar-refractivity contribution in [1.29, 1.82) is 0 Å². The van der Waals surface area contributed by atoms with Crippen LogP contribution in [0.1, 0.15) is 38.5 Å². The fourth-order valence-corrected chi connectivity index (χ4v) is 4.15. The van der Waals surface area contributed by atoms with E-state index in [0.29, 0.717) is 19.0 Å². The third-order valence-corrected chi connectivity index (χ3v) is 5.66. The standard InChI is InChI=1S/C16H29N5O4S/c1-25-12-5-10-21-11-8-15(19-21)18-16(22)17-9-13-26(23,24)20-14-6-3-2-4-7-14/h8,11,14,20H,2-7,9-10,12-13H2,1H3,(H2,17,18,19,22). The van der Waals surface area contributed by atoms with Crippen molar-refractivity contribution in [1.82, 2.24) is 19.8 Å². The molecule has 1 aromatic heterocycles. The van der Waals surface area contributed by atoms with Gasteiger partial charge in [-0.15, -0.1) is 0 Å². The molecule has 26 heavy (non-hydrogen) atoms. The second-order valence-corrected chi connectivity index (χ2v) is 8.34. The summed E-state index contributed by atoms with van der Waals surface area (Å²) in [6, 6.07) is 1.25. The van der Waals surface area contributed by atoms with E-state index in [9.17, 15) is 13.2 Å². The number of carbonyl (C=O) groups is 1. The van der Waals surface area contributed by atoms with E-state index in [1.807, 2.05) is 0 Å². The van der Waals surface area contributed by atoms with Gasteiger partial charge in [0.15, 0.2) is 5.82 Å². The first kappa shape index (κ1) is 20.7.